The fourth-order valence-corrected chi connectivity index (χ4v) is 3.48. The summed E-state index contributed by atoms with van der Waals surface area (Å²) in [6.45, 7) is 3.74. The Balaban J connectivity index is 1.46. The van der Waals surface area contributed by atoms with Gasteiger partial charge in [0.2, 0.25) is 11.8 Å². The van der Waals surface area contributed by atoms with Gasteiger partial charge in [-0.05, 0) is 51.0 Å². The summed E-state index contributed by atoms with van der Waals surface area (Å²) in [7, 11) is 0. The van der Waals surface area contributed by atoms with Crippen molar-refractivity contribution in [3.63, 3.8) is 0 Å². The van der Waals surface area contributed by atoms with Crippen LogP contribution < -0.4 is 10.1 Å². The lowest BCUT2D eigenvalue weighted by Crippen LogP contribution is -2.20. The maximum Gasteiger partial charge on any atom is 0.227 e. The monoisotopic (exact) mass is 377 g/mol. The van der Waals surface area contributed by atoms with Crippen LogP contribution in [0.3, 0.4) is 0 Å². The van der Waals surface area contributed by atoms with Gasteiger partial charge in [0.15, 0.2) is 0 Å². The first-order chi connectivity index (χ1) is 13.6. The van der Waals surface area contributed by atoms with Crippen LogP contribution in [0.15, 0.2) is 42.7 Å². The summed E-state index contributed by atoms with van der Waals surface area (Å²) in [5, 5.41) is 2.99. The Morgan fingerprint density at radius 1 is 1.14 bits per heavy atom. The lowest BCUT2D eigenvalue weighted by Gasteiger charge is -2.12. The molecule has 28 heavy (non-hydrogen) atoms. The van der Waals surface area contributed by atoms with E-state index in [0.29, 0.717) is 23.3 Å². The van der Waals surface area contributed by atoms with Crippen LogP contribution >= 0.6 is 0 Å². The van der Waals surface area contributed by atoms with Crippen molar-refractivity contribution in [1.29, 1.82) is 0 Å². The van der Waals surface area contributed by atoms with Gasteiger partial charge in [-0.25, -0.2) is 9.97 Å². The van der Waals surface area contributed by atoms with E-state index in [1.165, 1.54) is 0 Å². The van der Waals surface area contributed by atoms with Crippen LogP contribution in [-0.4, -0.2) is 25.4 Å². The third-order valence-electron chi connectivity index (χ3n) is 4.94. The van der Waals surface area contributed by atoms with Crippen LogP contribution in [0.4, 0.5) is 5.69 Å². The summed E-state index contributed by atoms with van der Waals surface area (Å²) in [5.41, 5.74) is 0.776. The molecule has 1 aliphatic carbocycles. The number of aryl methyl sites for hydroxylation is 2. The molecule has 4 rings (SSSR count). The average Bonchev–Trinajstić information content (AvgIpc) is 3.34. The number of benzene rings is 1. The Morgan fingerprint density at radius 3 is 2.57 bits per heavy atom. The topological polar surface area (TPSA) is 81.9 Å². The van der Waals surface area contributed by atoms with Gasteiger partial charge in [0, 0.05) is 30.1 Å². The number of hydrogen-bond donors (Lipinski definition) is 1. The van der Waals surface area contributed by atoms with Crippen molar-refractivity contribution in [2.45, 2.75) is 39.5 Å². The van der Waals surface area contributed by atoms with Gasteiger partial charge in [-0.3, -0.25) is 9.36 Å². The van der Waals surface area contributed by atoms with Crippen LogP contribution in [0, 0.1) is 19.8 Å². The maximum absolute atomic E-state index is 12.2. The van der Waals surface area contributed by atoms with Crippen LogP contribution in [0.1, 0.15) is 37.3 Å². The van der Waals surface area contributed by atoms with Crippen molar-refractivity contribution in [2.75, 3.05) is 5.32 Å². The van der Waals surface area contributed by atoms with E-state index in [1.54, 1.807) is 12.3 Å². The highest BCUT2D eigenvalue weighted by atomic mass is 16.5. The molecule has 0 saturated heterocycles. The third-order valence-corrected chi connectivity index (χ3v) is 4.94. The zero-order chi connectivity index (χ0) is 19.5. The molecular weight excluding hydrogens is 354 g/mol. The number of amides is 1. The number of ether oxygens (including phenoxy) is 1. The van der Waals surface area contributed by atoms with Gasteiger partial charge < -0.3 is 10.1 Å². The molecule has 1 fully saturated rings. The predicted molar refractivity (Wildman–Crippen MR) is 106 cm³/mol. The number of anilines is 1. The molecule has 0 radical (unpaired) electrons. The number of carbonyl (C=O) groups is 1. The highest BCUT2D eigenvalue weighted by molar-refractivity contribution is 5.92. The fourth-order valence-electron chi connectivity index (χ4n) is 3.48. The van der Waals surface area contributed by atoms with Gasteiger partial charge in [0.1, 0.15) is 23.2 Å². The number of rotatable bonds is 5. The quantitative estimate of drug-likeness (QED) is 0.721. The minimum absolute atomic E-state index is 0.109. The Labute approximate surface area is 163 Å². The summed E-state index contributed by atoms with van der Waals surface area (Å²) in [6, 6.07) is 9.11. The molecule has 2 aromatic heterocycles. The number of aromatic nitrogens is 4. The lowest BCUT2D eigenvalue weighted by molar-refractivity contribution is -0.119. The first-order valence-electron chi connectivity index (χ1n) is 9.53. The number of nitrogens with zero attached hydrogens (tertiary/aromatic N) is 4. The van der Waals surface area contributed by atoms with Crippen molar-refractivity contribution in [3.05, 3.63) is 54.4 Å². The summed E-state index contributed by atoms with van der Waals surface area (Å²) in [5.74, 6) is 3.51. The number of nitrogens with one attached hydrogen (secondary N) is 1. The van der Waals surface area contributed by atoms with E-state index >= 15 is 0 Å². The second-order valence-corrected chi connectivity index (χ2v) is 7.05. The molecule has 1 N–H and O–H groups in total. The van der Waals surface area contributed by atoms with E-state index in [2.05, 4.69) is 20.3 Å². The molecular formula is C21H23N5O2. The van der Waals surface area contributed by atoms with Crippen LogP contribution in [0.2, 0.25) is 0 Å². The standard InChI is InChI=1S/C21H23N5O2/c1-14-23-19(26-12-11-22-15(26)2)13-20(24-14)28-18-9-7-17(8-10-18)25-21(27)16-5-3-4-6-16/h7-13,16H,3-6H2,1-2H3,(H,25,27). The summed E-state index contributed by atoms with van der Waals surface area (Å²) in [4.78, 5) is 25.3. The largest absolute Gasteiger partial charge is 0.439 e. The molecule has 0 bridgehead atoms. The first-order valence-corrected chi connectivity index (χ1v) is 9.53. The predicted octanol–water partition coefficient (Wildman–Crippen LogP) is 4.20. The molecule has 1 amide bonds. The van der Waals surface area contributed by atoms with Crippen molar-refractivity contribution in [3.8, 4) is 17.4 Å². The highest BCUT2D eigenvalue weighted by Gasteiger charge is 2.22. The summed E-state index contributed by atoms with van der Waals surface area (Å²) < 4.78 is 7.78. The summed E-state index contributed by atoms with van der Waals surface area (Å²) >= 11 is 0. The molecule has 0 spiro atoms. The van der Waals surface area contributed by atoms with Crippen molar-refractivity contribution >= 4 is 11.6 Å². The van der Waals surface area contributed by atoms with E-state index < -0.39 is 0 Å². The van der Waals surface area contributed by atoms with Crippen LogP contribution in [0.25, 0.3) is 5.82 Å². The van der Waals surface area contributed by atoms with Crippen LogP contribution in [-0.2, 0) is 4.79 Å². The fraction of sp³-hybridized carbons (Fsp3) is 0.333. The van der Waals surface area contributed by atoms with Crippen molar-refractivity contribution in [2.24, 2.45) is 5.92 Å². The van der Waals surface area contributed by atoms with E-state index in [1.807, 2.05) is 48.9 Å². The molecule has 0 atom stereocenters. The zero-order valence-corrected chi connectivity index (χ0v) is 16.1. The minimum atomic E-state index is 0.109. The molecule has 0 unspecified atom stereocenters. The van der Waals surface area contributed by atoms with E-state index in [-0.39, 0.29) is 11.8 Å². The molecule has 1 aromatic carbocycles. The Hall–Kier alpha value is -3.22. The Morgan fingerprint density at radius 2 is 1.89 bits per heavy atom. The van der Waals surface area contributed by atoms with Crippen LogP contribution in [0.5, 0.6) is 11.6 Å². The highest BCUT2D eigenvalue weighted by Crippen LogP contribution is 2.27. The van der Waals surface area contributed by atoms with Gasteiger partial charge in [-0.2, -0.15) is 4.98 Å². The number of carbonyl (C=O) groups excluding carboxylic acids is 1. The van der Waals surface area contributed by atoms with E-state index in [4.69, 9.17) is 4.74 Å². The van der Waals surface area contributed by atoms with Gasteiger partial charge in [-0.1, -0.05) is 12.8 Å². The normalized spacial score (nSPS) is 14.2. The smallest absolute Gasteiger partial charge is 0.227 e. The Bertz CT molecular complexity index is 975. The molecule has 144 valence electrons. The lowest BCUT2D eigenvalue weighted by atomic mass is 10.1. The molecule has 1 saturated carbocycles. The molecule has 2 heterocycles. The zero-order valence-electron chi connectivity index (χ0n) is 16.1. The molecule has 3 aromatic rings. The number of hydrogen-bond acceptors (Lipinski definition) is 5. The average molecular weight is 377 g/mol. The number of imidazole rings is 1. The maximum atomic E-state index is 12.2. The second-order valence-electron chi connectivity index (χ2n) is 7.05. The van der Waals surface area contributed by atoms with E-state index in [9.17, 15) is 4.79 Å². The summed E-state index contributed by atoms with van der Waals surface area (Å²) in [6.07, 6.45) is 7.83. The molecule has 0 aliphatic heterocycles. The molecule has 1 aliphatic rings. The van der Waals surface area contributed by atoms with Gasteiger partial charge >= 0.3 is 0 Å². The van der Waals surface area contributed by atoms with Crippen molar-refractivity contribution in [1.82, 2.24) is 19.5 Å². The van der Waals surface area contributed by atoms with Crippen molar-refractivity contribution < 1.29 is 9.53 Å². The Kier molecular flexibility index (Phi) is 5.06. The second kappa shape index (κ2) is 7.80. The van der Waals surface area contributed by atoms with Gasteiger partial charge in [-0.15, -0.1) is 0 Å². The van der Waals surface area contributed by atoms with Gasteiger partial charge in [0.25, 0.3) is 0 Å². The van der Waals surface area contributed by atoms with Gasteiger partial charge in [0.05, 0.1) is 0 Å². The van der Waals surface area contributed by atoms with E-state index in [0.717, 1.165) is 37.2 Å². The molecule has 7 nitrogen and oxygen atoms in total. The first kappa shape index (κ1) is 18.2. The third kappa shape index (κ3) is 4.03. The SMILES string of the molecule is Cc1nc(Oc2ccc(NC(=O)C3CCCC3)cc2)cc(-n2ccnc2C)n1. The minimum Gasteiger partial charge on any atom is -0.439 e. The molecule has 7 heteroatoms.